The van der Waals surface area contributed by atoms with Crippen LogP contribution < -0.4 is 13.9 Å². The highest BCUT2D eigenvalue weighted by Crippen LogP contribution is 2.36. The largest absolute Gasteiger partial charge is 0.490 e. The monoisotopic (exact) mass is 434 g/mol. The van der Waals surface area contributed by atoms with Crippen LogP contribution in [0, 0.1) is 6.92 Å². The molecular weight excluding hydrogens is 412 g/mol. The van der Waals surface area contributed by atoms with Crippen molar-refractivity contribution in [3.63, 3.8) is 0 Å². The van der Waals surface area contributed by atoms with Gasteiger partial charge < -0.3 is 9.64 Å². The number of hydrogen-bond donors (Lipinski definition) is 0. The van der Waals surface area contributed by atoms with Gasteiger partial charge in [-0.05, 0) is 61.4 Å². The summed E-state index contributed by atoms with van der Waals surface area (Å²) in [6.07, 6.45) is 0.571. The summed E-state index contributed by atoms with van der Waals surface area (Å²) in [5, 5.41) is 0. The first-order valence-electron chi connectivity index (χ1n) is 10.2. The zero-order chi connectivity index (χ0) is 21.6. The summed E-state index contributed by atoms with van der Waals surface area (Å²) < 4.78 is 33.4. The van der Waals surface area contributed by atoms with Gasteiger partial charge in [0.15, 0.2) is 0 Å². The molecule has 6 nitrogen and oxygen atoms in total. The summed E-state index contributed by atoms with van der Waals surface area (Å²) in [5.41, 5.74) is 3.81. The first-order valence-corrected chi connectivity index (χ1v) is 11.7. The lowest BCUT2D eigenvalue weighted by Gasteiger charge is -2.29. The first-order chi connectivity index (χ1) is 14.9. The summed E-state index contributed by atoms with van der Waals surface area (Å²) in [5.74, 6) is 0.581. The number of anilines is 2. The number of sulfonamides is 1. The predicted octanol–water partition coefficient (Wildman–Crippen LogP) is 3.79. The van der Waals surface area contributed by atoms with Crippen LogP contribution in [0.15, 0.2) is 71.6 Å². The number of aryl methyl sites for hydroxylation is 1. The van der Waals surface area contributed by atoms with Gasteiger partial charge in [-0.15, -0.1) is 0 Å². The molecule has 1 amide bonds. The minimum atomic E-state index is -3.64. The van der Waals surface area contributed by atoms with E-state index >= 15 is 0 Å². The lowest BCUT2D eigenvalue weighted by atomic mass is 10.1. The van der Waals surface area contributed by atoms with Crippen LogP contribution in [0.25, 0.3) is 0 Å². The van der Waals surface area contributed by atoms with Gasteiger partial charge in [0, 0.05) is 12.1 Å². The fourth-order valence-electron chi connectivity index (χ4n) is 4.13. The van der Waals surface area contributed by atoms with E-state index in [1.165, 1.54) is 4.31 Å². The molecule has 2 aliphatic heterocycles. The number of nitrogens with zero attached hydrogens (tertiary/aromatic N) is 2. The Balaban J connectivity index is 1.45. The van der Waals surface area contributed by atoms with Gasteiger partial charge >= 0.3 is 0 Å². The molecule has 7 heteroatoms. The van der Waals surface area contributed by atoms with Crippen LogP contribution in [0.3, 0.4) is 0 Å². The fraction of sp³-hybridized carbons (Fsp3) is 0.208. The van der Waals surface area contributed by atoms with Crippen molar-refractivity contribution in [2.75, 3.05) is 28.9 Å². The number of carbonyl (C=O) groups excluding carboxylic acids is 1. The number of para-hydroxylation sites is 2. The highest BCUT2D eigenvalue weighted by Gasteiger charge is 2.32. The maximum atomic E-state index is 13.2. The molecule has 31 heavy (non-hydrogen) atoms. The van der Waals surface area contributed by atoms with Crippen molar-refractivity contribution in [1.29, 1.82) is 0 Å². The molecule has 0 radical (unpaired) electrons. The van der Waals surface area contributed by atoms with Crippen molar-refractivity contribution in [3.05, 3.63) is 83.4 Å². The average molecular weight is 435 g/mol. The minimum Gasteiger partial charge on any atom is -0.490 e. The topological polar surface area (TPSA) is 66.9 Å². The summed E-state index contributed by atoms with van der Waals surface area (Å²) in [7, 11) is -3.64. The van der Waals surface area contributed by atoms with Crippen LogP contribution in [0.5, 0.6) is 5.75 Å². The Morgan fingerprint density at radius 1 is 0.935 bits per heavy atom. The van der Waals surface area contributed by atoms with E-state index in [1.54, 1.807) is 41.3 Å². The van der Waals surface area contributed by atoms with Gasteiger partial charge in [0.2, 0.25) is 0 Å². The van der Waals surface area contributed by atoms with Gasteiger partial charge in [-0.2, -0.15) is 0 Å². The van der Waals surface area contributed by atoms with Crippen molar-refractivity contribution in [2.45, 2.75) is 18.2 Å². The highest BCUT2D eigenvalue weighted by molar-refractivity contribution is 7.92. The Kier molecular flexibility index (Phi) is 4.70. The maximum absolute atomic E-state index is 13.2. The summed E-state index contributed by atoms with van der Waals surface area (Å²) >= 11 is 0. The van der Waals surface area contributed by atoms with Crippen LogP contribution in [0.4, 0.5) is 11.4 Å². The Morgan fingerprint density at radius 3 is 2.52 bits per heavy atom. The molecule has 0 spiro atoms. The lowest BCUT2D eigenvalue weighted by Crippen LogP contribution is -2.38. The summed E-state index contributed by atoms with van der Waals surface area (Å²) in [6, 6.07) is 19.6. The molecular formula is C24H22N2O4S. The fourth-order valence-corrected chi connectivity index (χ4v) is 5.63. The van der Waals surface area contributed by atoms with E-state index in [2.05, 4.69) is 0 Å². The van der Waals surface area contributed by atoms with Crippen LogP contribution in [0.1, 0.15) is 21.5 Å². The highest BCUT2D eigenvalue weighted by atomic mass is 32.2. The van der Waals surface area contributed by atoms with Crippen molar-refractivity contribution >= 4 is 27.3 Å². The van der Waals surface area contributed by atoms with Crippen LogP contribution in [0.2, 0.25) is 0 Å². The van der Waals surface area contributed by atoms with Gasteiger partial charge in [0.25, 0.3) is 15.9 Å². The normalized spacial score (nSPS) is 15.3. The smallest absolute Gasteiger partial charge is 0.264 e. The molecule has 3 aromatic carbocycles. The molecule has 0 aliphatic carbocycles. The number of hydrogen-bond acceptors (Lipinski definition) is 4. The molecule has 158 valence electrons. The SMILES string of the molecule is Cc1ccc(S(=O)(=O)N2CCc3cc(C(=O)N4CCOc5ccccc54)ccc32)cc1. The standard InChI is InChI=1S/C24H22N2O4S/c1-17-6-9-20(10-7-17)31(28,29)26-13-12-18-16-19(8-11-21(18)26)24(27)25-14-15-30-23-5-3-2-4-22(23)25/h2-11,16H,12-15H2,1H3. The van der Waals surface area contributed by atoms with Gasteiger partial charge in [-0.3, -0.25) is 9.10 Å². The molecule has 2 heterocycles. The van der Waals surface area contributed by atoms with Gasteiger partial charge in [-0.1, -0.05) is 29.8 Å². The van der Waals surface area contributed by atoms with Gasteiger partial charge in [-0.25, -0.2) is 8.42 Å². The van der Waals surface area contributed by atoms with E-state index in [9.17, 15) is 13.2 Å². The van der Waals surface area contributed by atoms with Crippen molar-refractivity contribution in [3.8, 4) is 5.75 Å². The van der Waals surface area contributed by atoms with E-state index in [4.69, 9.17) is 4.74 Å². The first kappa shape index (κ1) is 19.6. The van der Waals surface area contributed by atoms with E-state index in [0.29, 0.717) is 43.1 Å². The minimum absolute atomic E-state index is 0.113. The number of fused-ring (bicyclic) bond motifs is 2. The third kappa shape index (κ3) is 3.35. The molecule has 0 atom stereocenters. The molecule has 0 saturated heterocycles. The lowest BCUT2D eigenvalue weighted by molar-refractivity contribution is 0.0976. The second-order valence-electron chi connectivity index (χ2n) is 7.76. The number of rotatable bonds is 3. The molecule has 2 aliphatic rings. The van der Waals surface area contributed by atoms with Crippen LogP contribution in [-0.4, -0.2) is 34.0 Å². The maximum Gasteiger partial charge on any atom is 0.264 e. The second-order valence-corrected chi connectivity index (χ2v) is 9.62. The Hall–Kier alpha value is -3.32. The molecule has 5 rings (SSSR count). The van der Waals surface area contributed by atoms with Gasteiger partial charge in [0.05, 0.1) is 22.8 Å². The Labute approximate surface area is 181 Å². The van der Waals surface area contributed by atoms with Gasteiger partial charge in [0.1, 0.15) is 12.4 Å². The molecule has 0 unspecified atom stereocenters. The third-order valence-corrected chi connectivity index (χ3v) is 7.59. The number of amides is 1. The third-order valence-electron chi connectivity index (χ3n) is 5.76. The molecule has 0 fully saturated rings. The number of benzene rings is 3. The molecule has 0 saturated carbocycles. The Morgan fingerprint density at radius 2 is 1.71 bits per heavy atom. The average Bonchev–Trinajstić information content (AvgIpc) is 3.23. The zero-order valence-corrected chi connectivity index (χ0v) is 17.9. The number of ether oxygens (including phenoxy) is 1. The van der Waals surface area contributed by atoms with Crippen molar-refractivity contribution in [1.82, 2.24) is 0 Å². The summed E-state index contributed by atoms with van der Waals surface area (Å²) in [6.45, 7) is 3.20. The predicted molar refractivity (Wildman–Crippen MR) is 119 cm³/mol. The Bertz CT molecular complexity index is 1270. The number of carbonyl (C=O) groups is 1. The van der Waals surface area contributed by atoms with Crippen molar-refractivity contribution in [2.24, 2.45) is 0 Å². The quantitative estimate of drug-likeness (QED) is 0.629. The van der Waals surface area contributed by atoms with Crippen LogP contribution in [-0.2, 0) is 16.4 Å². The molecule has 3 aromatic rings. The van der Waals surface area contributed by atoms with Crippen LogP contribution >= 0.6 is 0 Å². The molecule has 0 bridgehead atoms. The molecule has 0 aromatic heterocycles. The zero-order valence-electron chi connectivity index (χ0n) is 17.1. The molecule has 0 N–H and O–H groups in total. The van der Waals surface area contributed by atoms with E-state index < -0.39 is 10.0 Å². The van der Waals surface area contributed by atoms with E-state index in [1.807, 2.05) is 37.3 Å². The van der Waals surface area contributed by atoms with E-state index in [-0.39, 0.29) is 10.8 Å². The summed E-state index contributed by atoms with van der Waals surface area (Å²) in [4.78, 5) is 15.2. The second kappa shape index (κ2) is 7.42. The van der Waals surface area contributed by atoms with Crippen molar-refractivity contribution < 1.29 is 17.9 Å². The van der Waals surface area contributed by atoms with E-state index in [0.717, 1.165) is 16.8 Å².